The van der Waals surface area contributed by atoms with Gasteiger partial charge in [-0.3, -0.25) is 0 Å². The molecular formula is C16H22FN. The van der Waals surface area contributed by atoms with Crippen LogP contribution in [0.3, 0.4) is 0 Å². The fraction of sp³-hybridized carbons (Fsp3) is 0.375. The van der Waals surface area contributed by atoms with Gasteiger partial charge in [0.05, 0.1) is 0 Å². The molecule has 2 rings (SSSR count). The van der Waals surface area contributed by atoms with Crippen LogP contribution in [0.2, 0.25) is 0 Å². The Morgan fingerprint density at radius 3 is 2.39 bits per heavy atom. The number of anilines is 1. The van der Waals surface area contributed by atoms with Gasteiger partial charge >= 0.3 is 0 Å². The van der Waals surface area contributed by atoms with Crippen LogP contribution in [0, 0.1) is 5.82 Å². The SMILES string of the molecule is C/C=C1/CN(C)c2cc(F)ccc2/C1=C/C.CC. The molecule has 1 aliphatic rings. The summed E-state index contributed by atoms with van der Waals surface area (Å²) in [5.74, 6) is -0.176. The lowest BCUT2D eigenvalue weighted by Gasteiger charge is -2.31. The normalized spacial score (nSPS) is 18.4. The molecule has 1 heterocycles. The Kier molecular flexibility index (Phi) is 5.14. The molecule has 98 valence electrons. The summed E-state index contributed by atoms with van der Waals surface area (Å²) >= 11 is 0. The van der Waals surface area contributed by atoms with Gasteiger partial charge in [-0.05, 0) is 43.2 Å². The van der Waals surface area contributed by atoms with Crippen molar-refractivity contribution in [3.8, 4) is 0 Å². The van der Waals surface area contributed by atoms with Crippen molar-refractivity contribution in [1.82, 2.24) is 0 Å². The molecule has 0 aliphatic carbocycles. The van der Waals surface area contributed by atoms with Crippen molar-refractivity contribution in [2.75, 3.05) is 18.5 Å². The molecule has 0 saturated heterocycles. The van der Waals surface area contributed by atoms with Gasteiger partial charge in [0.25, 0.3) is 0 Å². The van der Waals surface area contributed by atoms with E-state index in [-0.39, 0.29) is 5.82 Å². The van der Waals surface area contributed by atoms with Crippen LogP contribution in [-0.4, -0.2) is 13.6 Å². The number of nitrogens with zero attached hydrogens (tertiary/aromatic N) is 1. The summed E-state index contributed by atoms with van der Waals surface area (Å²) in [7, 11) is 1.99. The number of rotatable bonds is 0. The van der Waals surface area contributed by atoms with Crippen molar-refractivity contribution in [3.63, 3.8) is 0 Å². The van der Waals surface area contributed by atoms with Gasteiger partial charge in [0.2, 0.25) is 0 Å². The van der Waals surface area contributed by atoms with Gasteiger partial charge in [0, 0.05) is 24.8 Å². The topological polar surface area (TPSA) is 3.24 Å². The number of likely N-dealkylation sites (N-methyl/N-ethyl adjacent to an activating group) is 1. The van der Waals surface area contributed by atoms with Gasteiger partial charge in [-0.25, -0.2) is 4.39 Å². The first kappa shape index (κ1) is 14.5. The summed E-state index contributed by atoms with van der Waals surface area (Å²) in [6.45, 7) is 8.91. The van der Waals surface area contributed by atoms with Crippen LogP contribution in [-0.2, 0) is 0 Å². The average molecular weight is 247 g/mol. The minimum atomic E-state index is -0.176. The van der Waals surface area contributed by atoms with Crippen LogP contribution >= 0.6 is 0 Å². The number of hydrogen-bond acceptors (Lipinski definition) is 1. The van der Waals surface area contributed by atoms with Gasteiger partial charge in [0.15, 0.2) is 0 Å². The van der Waals surface area contributed by atoms with E-state index in [0.717, 1.165) is 17.8 Å². The summed E-state index contributed by atoms with van der Waals surface area (Å²) < 4.78 is 13.2. The molecule has 2 heteroatoms. The zero-order valence-electron chi connectivity index (χ0n) is 11.9. The van der Waals surface area contributed by atoms with Crippen molar-refractivity contribution in [2.45, 2.75) is 27.7 Å². The van der Waals surface area contributed by atoms with E-state index in [1.807, 2.05) is 40.8 Å². The molecule has 0 amide bonds. The minimum Gasteiger partial charge on any atom is -0.370 e. The molecule has 0 fully saturated rings. The Labute approximate surface area is 110 Å². The third-order valence-electron chi connectivity index (χ3n) is 3.05. The Hall–Kier alpha value is -1.57. The number of benzene rings is 1. The molecule has 0 spiro atoms. The maximum absolute atomic E-state index is 13.2. The second-order valence-corrected chi connectivity index (χ2v) is 4.03. The van der Waals surface area contributed by atoms with Crippen LogP contribution in [0.4, 0.5) is 10.1 Å². The molecule has 1 aliphatic heterocycles. The number of hydrogen-bond donors (Lipinski definition) is 0. The largest absolute Gasteiger partial charge is 0.370 e. The quantitative estimate of drug-likeness (QED) is 0.645. The molecule has 18 heavy (non-hydrogen) atoms. The maximum atomic E-state index is 13.2. The molecule has 0 bridgehead atoms. The first-order valence-electron chi connectivity index (χ1n) is 6.50. The molecule has 1 aromatic carbocycles. The lowest BCUT2D eigenvalue weighted by atomic mass is 9.91. The van der Waals surface area contributed by atoms with E-state index >= 15 is 0 Å². The van der Waals surface area contributed by atoms with Crippen LogP contribution in [0.1, 0.15) is 33.3 Å². The number of fused-ring (bicyclic) bond motifs is 1. The lowest BCUT2D eigenvalue weighted by Crippen LogP contribution is -2.26. The van der Waals surface area contributed by atoms with Gasteiger partial charge in [-0.1, -0.05) is 26.0 Å². The van der Waals surface area contributed by atoms with E-state index in [9.17, 15) is 4.39 Å². The Bertz CT molecular complexity index is 472. The van der Waals surface area contributed by atoms with Crippen molar-refractivity contribution in [3.05, 3.63) is 47.3 Å². The fourth-order valence-corrected chi connectivity index (χ4v) is 2.23. The van der Waals surface area contributed by atoms with Gasteiger partial charge in [-0.2, -0.15) is 0 Å². The second-order valence-electron chi connectivity index (χ2n) is 4.03. The highest BCUT2D eigenvalue weighted by Gasteiger charge is 2.21. The van der Waals surface area contributed by atoms with Crippen LogP contribution < -0.4 is 4.90 Å². The fourth-order valence-electron chi connectivity index (χ4n) is 2.23. The molecule has 1 aromatic rings. The summed E-state index contributed by atoms with van der Waals surface area (Å²) in [6.07, 6.45) is 4.22. The van der Waals surface area contributed by atoms with Crippen LogP contribution in [0.5, 0.6) is 0 Å². The van der Waals surface area contributed by atoms with Crippen molar-refractivity contribution < 1.29 is 4.39 Å². The lowest BCUT2D eigenvalue weighted by molar-refractivity contribution is 0.627. The van der Waals surface area contributed by atoms with E-state index in [0.29, 0.717) is 0 Å². The molecule has 0 radical (unpaired) electrons. The smallest absolute Gasteiger partial charge is 0.125 e. The zero-order chi connectivity index (χ0) is 13.7. The highest BCUT2D eigenvalue weighted by atomic mass is 19.1. The summed E-state index contributed by atoms with van der Waals surface area (Å²) in [5.41, 5.74) is 4.60. The molecule has 0 saturated carbocycles. The van der Waals surface area contributed by atoms with Gasteiger partial charge in [-0.15, -0.1) is 0 Å². The molecule has 1 nitrogen and oxygen atoms in total. The Balaban J connectivity index is 0.000000771. The van der Waals surface area contributed by atoms with Crippen molar-refractivity contribution in [2.24, 2.45) is 0 Å². The van der Waals surface area contributed by atoms with E-state index in [1.165, 1.54) is 17.2 Å². The van der Waals surface area contributed by atoms with Gasteiger partial charge in [0.1, 0.15) is 5.82 Å². The molecule has 0 atom stereocenters. The number of halogens is 1. The first-order valence-corrected chi connectivity index (χ1v) is 6.50. The van der Waals surface area contributed by atoms with Crippen molar-refractivity contribution in [1.29, 1.82) is 0 Å². The Morgan fingerprint density at radius 1 is 1.17 bits per heavy atom. The highest BCUT2D eigenvalue weighted by molar-refractivity contribution is 5.89. The molecule has 0 aromatic heterocycles. The summed E-state index contributed by atoms with van der Waals surface area (Å²) in [4.78, 5) is 2.08. The molecule has 0 unspecified atom stereocenters. The first-order chi connectivity index (χ1) is 8.67. The molecule has 0 N–H and O–H groups in total. The second kappa shape index (κ2) is 6.39. The monoisotopic (exact) mass is 247 g/mol. The summed E-state index contributed by atoms with van der Waals surface area (Å²) in [5, 5.41) is 0. The zero-order valence-corrected chi connectivity index (χ0v) is 11.9. The highest BCUT2D eigenvalue weighted by Crippen LogP contribution is 2.37. The third kappa shape index (κ3) is 2.63. The van der Waals surface area contributed by atoms with E-state index in [4.69, 9.17) is 0 Å². The van der Waals surface area contributed by atoms with Crippen LogP contribution in [0.15, 0.2) is 35.9 Å². The van der Waals surface area contributed by atoms with Gasteiger partial charge < -0.3 is 4.90 Å². The van der Waals surface area contributed by atoms with Crippen molar-refractivity contribution >= 4 is 11.3 Å². The van der Waals surface area contributed by atoms with E-state index in [1.54, 1.807) is 6.07 Å². The standard InChI is InChI=1S/C14H16FN.C2H6/c1-4-10-9-16(3)14-8-11(15)6-7-13(14)12(10)5-2;1-2/h4-8H,9H2,1-3H3;1-2H3/b10-4-,12-5+;. The predicted octanol–water partition coefficient (Wildman–Crippen LogP) is 4.65. The summed E-state index contributed by atoms with van der Waals surface area (Å²) in [6, 6.07) is 4.99. The molecular weight excluding hydrogens is 225 g/mol. The predicted molar refractivity (Wildman–Crippen MR) is 78.4 cm³/mol. The minimum absolute atomic E-state index is 0.176. The third-order valence-corrected chi connectivity index (χ3v) is 3.05. The van der Waals surface area contributed by atoms with E-state index < -0.39 is 0 Å². The maximum Gasteiger partial charge on any atom is 0.125 e. The van der Waals surface area contributed by atoms with Crippen LogP contribution in [0.25, 0.3) is 5.57 Å². The van der Waals surface area contributed by atoms with E-state index in [2.05, 4.69) is 17.1 Å². The average Bonchev–Trinajstić information content (AvgIpc) is 2.41. The number of allylic oxidation sites excluding steroid dienone is 2. The Morgan fingerprint density at radius 2 is 1.83 bits per heavy atom.